The highest BCUT2D eigenvalue weighted by molar-refractivity contribution is 5.83. The fraction of sp³-hybridized carbons (Fsp3) is 0.500. The Morgan fingerprint density at radius 2 is 2.17 bits per heavy atom. The number of amides is 1. The van der Waals surface area contributed by atoms with Crippen LogP contribution in [0, 0.1) is 5.82 Å². The van der Waals surface area contributed by atoms with Gasteiger partial charge in [0.15, 0.2) is 0 Å². The van der Waals surface area contributed by atoms with E-state index >= 15 is 0 Å². The summed E-state index contributed by atoms with van der Waals surface area (Å²) in [6.45, 7) is 4.34. The van der Waals surface area contributed by atoms with Crippen molar-refractivity contribution in [2.45, 2.75) is 38.6 Å². The number of hydrogen-bond acceptors (Lipinski definition) is 2. The quantitative estimate of drug-likeness (QED) is 0.815. The molecule has 0 saturated heterocycles. The molecule has 1 aromatic carbocycles. The molecule has 1 atom stereocenters. The molecule has 0 aromatic heterocycles. The maximum absolute atomic E-state index is 13.2. The Hall–Kier alpha value is -1.42. The molecule has 4 heteroatoms. The molecular formula is C14H21FN2O. The molecule has 1 rings (SSSR count). The second-order valence-corrected chi connectivity index (χ2v) is 4.70. The van der Waals surface area contributed by atoms with Gasteiger partial charge in [-0.25, -0.2) is 4.39 Å². The summed E-state index contributed by atoms with van der Waals surface area (Å²) >= 11 is 0. The average Bonchev–Trinajstić information content (AvgIpc) is 2.28. The molecule has 0 aliphatic carbocycles. The first-order valence-corrected chi connectivity index (χ1v) is 6.30. The van der Waals surface area contributed by atoms with Gasteiger partial charge in [0.1, 0.15) is 5.82 Å². The fourth-order valence-electron chi connectivity index (χ4n) is 1.88. The number of benzene rings is 1. The minimum atomic E-state index is -0.327. The molecule has 0 aliphatic heterocycles. The van der Waals surface area contributed by atoms with Gasteiger partial charge in [0.25, 0.3) is 0 Å². The number of carbonyl (C=O) groups is 1. The molecule has 0 saturated carbocycles. The molecule has 3 nitrogen and oxygen atoms in total. The number of hydrogen-bond donors (Lipinski definition) is 2. The van der Waals surface area contributed by atoms with E-state index in [9.17, 15) is 9.18 Å². The largest absolute Gasteiger partial charge is 0.353 e. The van der Waals surface area contributed by atoms with Crippen molar-refractivity contribution < 1.29 is 9.18 Å². The predicted octanol–water partition coefficient (Wildman–Crippen LogP) is 2.17. The van der Waals surface area contributed by atoms with E-state index in [4.69, 9.17) is 5.73 Å². The van der Waals surface area contributed by atoms with Crippen LogP contribution >= 0.6 is 0 Å². The standard InChI is InChI=1S/C14H21FN2O/c1-10(2)17-14(18)13(7-4-8-16)11-5-3-6-12(15)9-11/h3,5-6,9-10,13H,4,7-8,16H2,1-2H3,(H,17,18). The number of nitrogens with one attached hydrogen (secondary N) is 1. The van der Waals surface area contributed by atoms with Crippen LogP contribution in [0.25, 0.3) is 0 Å². The van der Waals surface area contributed by atoms with Crippen molar-refractivity contribution in [1.29, 1.82) is 0 Å². The highest BCUT2D eigenvalue weighted by Gasteiger charge is 2.20. The van der Waals surface area contributed by atoms with Gasteiger partial charge in [0.05, 0.1) is 5.92 Å². The van der Waals surface area contributed by atoms with Crippen molar-refractivity contribution in [3.8, 4) is 0 Å². The molecule has 3 N–H and O–H groups in total. The van der Waals surface area contributed by atoms with Crippen LogP contribution in [0.2, 0.25) is 0 Å². The molecule has 0 aliphatic rings. The number of carbonyl (C=O) groups excluding carboxylic acids is 1. The van der Waals surface area contributed by atoms with E-state index in [1.807, 2.05) is 13.8 Å². The van der Waals surface area contributed by atoms with Crippen LogP contribution in [-0.2, 0) is 4.79 Å². The third kappa shape index (κ3) is 4.45. The zero-order chi connectivity index (χ0) is 13.5. The van der Waals surface area contributed by atoms with E-state index in [0.717, 1.165) is 6.42 Å². The second kappa shape index (κ2) is 7.11. The van der Waals surface area contributed by atoms with Gasteiger partial charge < -0.3 is 11.1 Å². The Morgan fingerprint density at radius 1 is 1.44 bits per heavy atom. The van der Waals surface area contributed by atoms with E-state index in [0.29, 0.717) is 18.5 Å². The molecule has 0 bridgehead atoms. The number of halogens is 1. The monoisotopic (exact) mass is 252 g/mol. The summed E-state index contributed by atoms with van der Waals surface area (Å²) < 4.78 is 13.2. The molecule has 1 amide bonds. The Bertz CT molecular complexity index is 393. The van der Waals surface area contributed by atoms with Crippen molar-refractivity contribution in [3.63, 3.8) is 0 Å². The van der Waals surface area contributed by atoms with Gasteiger partial charge in [-0.3, -0.25) is 4.79 Å². The zero-order valence-electron chi connectivity index (χ0n) is 10.9. The molecule has 0 radical (unpaired) electrons. The molecule has 1 aromatic rings. The highest BCUT2D eigenvalue weighted by Crippen LogP contribution is 2.22. The lowest BCUT2D eigenvalue weighted by molar-refractivity contribution is -0.123. The summed E-state index contributed by atoms with van der Waals surface area (Å²) in [4.78, 5) is 12.1. The van der Waals surface area contributed by atoms with Crippen LogP contribution in [0.15, 0.2) is 24.3 Å². The average molecular weight is 252 g/mol. The fourth-order valence-corrected chi connectivity index (χ4v) is 1.88. The number of nitrogens with two attached hydrogens (primary N) is 1. The second-order valence-electron chi connectivity index (χ2n) is 4.70. The summed E-state index contributed by atoms with van der Waals surface area (Å²) in [5, 5.41) is 2.87. The summed E-state index contributed by atoms with van der Waals surface area (Å²) in [5.41, 5.74) is 6.19. The molecule has 0 spiro atoms. The lowest BCUT2D eigenvalue weighted by atomic mass is 9.93. The van der Waals surface area contributed by atoms with Crippen molar-refractivity contribution >= 4 is 5.91 Å². The first-order valence-electron chi connectivity index (χ1n) is 6.30. The molecule has 1 unspecified atom stereocenters. The lowest BCUT2D eigenvalue weighted by Crippen LogP contribution is -2.34. The van der Waals surface area contributed by atoms with Crippen LogP contribution in [0.5, 0.6) is 0 Å². The third-order valence-corrected chi connectivity index (χ3v) is 2.70. The van der Waals surface area contributed by atoms with E-state index in [-0.39, 0.29) is 23.7 Å². The minimum Gasteiger partial charge on any atom is -0.353 e. The SMILES string of the molecule is CC(C)NC(=O)C(CCCN)c1cccc(F)c1. The Balaban J connectivity index is 2.86. The molecule has 0 heterocycles. The molecule has 0 fully saturated rings. The van der Waals surface area contributed by atoms with Crippen molar-refractivity contribution in [2.75, 3.05) is 6.54 Å². The topological polar surface area (TPSA) is 55.1 Å². The van der Waals surface area contributed by atoms with Gasteiger partial charge in [0, 0.05) is 6.04 Å². The van der Waals surface area contributed by atoms with Crippen LogP contribution in [0.4, 0.5) is 4.39 Å². The summed E-state index contributed by atoms with van der Waals surface area (Å²) in [5.74, 6) is -0.710. The van der Waals surface area contributed by atoms with Crippen LogP contribution < -0.4 is 11.1 Å². The first-order chi connectivity index (χ1) is 8.54. The lowest BCUT2D eigenvalue weighted by Gasteiger charge is -2.18. The predicted molar refractivity (Wildman–Crippen MR) is 70.7 cm³/mol. The van der Waals surface area contributed by atoms with Crippen LogP contribution in [-0.4, -0.2) is 18.5 Å². The smallest absolute Gasteiger partial charge is 0.227 e. The number of rotatable bonds is 6. The van der Waals surface area contributed by atoms with Crippen LogP contribution in [0.3, 0.4) is 0 Å². The van der Waals surface area contributed by atoms with Gasteiger partial charge in [-0.15, -0.1) is 0 Å². The highest BCUT2D eigenvalue weighted by atomic mass is 19.1. The van der Waals surface area contributed by atoms with Crippen molar-refractivity contribution in [1.82, 2.24) is 5.32 Å². The molecular weight excluding hydrogens is 231 g/mol. The first kappa shape index (κ1) is 14.6. The van der Waals surface area contributed by atoms with Crippen LogP contribution in [0.1, 0.15) is 38.2 Å². The van der Waals surface area contributed by atoms with E-state index < -0.39 is 0 Å². The van der Waals surface area contributed by atoms with Gasteiger partial charge in [-0.2, -0.15) is 0 Å². The van der Waals surface area contributed by atoms with Crippen molar-refractivity contribution in [2.24, 2.45) is 5.73 Å². The Morgan fingerprint density at radius 3 is 2.72 bits per heavy atom. The van der Waals surface area contributed by atoms with Gasteiger partial charge in [-0.05, 0) is 50.9 Å². The van der Waals surface area contributed by atoms with Gasteiger partial charge in [0.2, 0.25) is 5.91 Å². The maximum atomic E-state index is 13.2. The van der Waals surface area contributed by atoms with E-state index in [2.05, 4.69) is 5.32 Å². The van der Waals surface area contributed by atoms with Crippen molar-refractivity contribution in [3.05, 3.63) is 35.6 Å². The minimum absolute atomic E-state index is 0.0657. The summed E-state index contributed by atoms with van der Waals surface area (Å²) in [6, 6.07) is 6.28. The molecule has 18 heavy (non-hydrogen) atoms. The van der Waals surface area contributed by atoms with E-state index in [1.165, 1.54) is 12.1 Å². The summed E-state index contributed by atoms with van der Waals surface area (Å²) in [6.07, 6.45) is 1.38. The van der Waals surface area contributed by atoms with Gasteiger partial charge >= 0.3 is 0 Å². The zero-order valence-corrected chi connectivity index (χ0v) is 10.9. The normalized spacial score (nSPS) is 12.5. The van der Waals surface area contributed by atoms with Gasteiger partial charge in [-0.1, -0.05) is 12.1 Å². The maximum Gasteiger partial charge on any atom is 0.227 e. The van der Waals surface area contributed by atoms with E-state index in [1.54, 1.807) is 12.1 Å². The Kier molecular flexibility index (Phi) is 5.78. The summed E-state index contributed by atoms with van der Waals surface area (Å²) in [7, 11) is 0. The third-order valence-electron chi connectivity index (χ3n) is 2.70. The Labute approximate surface area is 108 Å². The molecule has 100 valence electrons.